The Balaban J connectivity index is 2.14. The Hall–Kier alpha value is -1.84. The van der Waals surface area contributed by atoms with Gasteiger partial charge in [0.1, 0.15) is 0 Å². The van der Waals surface area contributed by atoms with E-state index in [9.17, 15) is 9.59 Å². The Labute approximate surface area is 114 Å². The summed E-state index contributed by atoms with van der Waals surface area (Å²) in [5.74, 6) is 0.461. The van der Waals surface area contributed by atoms with E-state index in [1.54, 1.807) is 12.1 Å². The molecule has 4 nitrogen and oxygen atoms in total. The maximum absolute atomic E-state index is 11.7. The lowest BCUT2D eigenvalue weighted by atomic mass is 10.1. The van der Waals surface area contributed by atoms with Crippen molar-refractivity contribution in [2.45, 2.75) is 26.7 Å². The first kappa shape index (κ1) is 15.2. The van der Waals surface area contributed by atoms with Crippen molar-refractivity contribution < 1.29 is 9.59 Å². The molecule has 0 unspecified atom stereocenters. The number of carbonyl (C=O) groups is 2. The summed E-state index contributed by atoms with van der Waals surface area (Å²) in [4.78, 5) is 23.1. The molecule has 1 aromatic rings. The summed E-state index contributed by atoms with van der Waals surface area (Å²) in [6.45, 7) is 5.09. The van der Waals surface area contributed by atoms with Crippen molar-refractivity contribution in [1.29, 1.82) is 0 Å². The first-order valence-electron chi connectivity index (χ1n) is 6.69. The van der Waals surface area contributed by atoms with Gasteiger partial charge in [-0.3, -0.25) is 9.59 Å². The van der Waals surface area contributed by atoms with Crippen LogP contribution >= 0.6 is 0 Å². The number of hydrogen-bond acceptors (Lipinski definition) is 2. The van der Waals surface area contributed by atoms with Crippen LogP contribution in [0.3, 0.4) is 0 Å². The van der Waals surface area contributed by atoms with Gasteiger partial charge >= 0.3 is 0 Å². The fourth-order valence-electron chi connectivity index (χ4n) is 1.58. The second-order valence-corrected chi connectivity index (χ2v) is 4.90. The van der Waals surface area contributed by atoms with Crippen molar-refractivity contribution >= 4 is 11.8 Å². The lowest BCUT2D eigenvalue weighted by Crippen LogP contribution is -2.34. The molecule has 2 N–H and O–H groups in total. The van der Waals surface area contributed by atoms with Crippen LogP contribution in [0.1, 0.15) is 37.0 Å². The molecule has 0 fully saturated rings. The third-order valence-electron chi connectivity index (χ3n) is 2.72. The molecular weight excluding hydrogens is 240 g/mol. The average molecular weight is 262 g/mol. The molecule has 0 heterocycles. The van der Waals surface area contributed by atoms with E-state index < -0.39 is 0 Å². The predicted octanol–water partition coefficient (Wildman–Crippen LogP) is 1.97. The van der Waals surface area contributed by atoms with Crippen LogP contribution in [0.15, 0.2) is 30.3 Å². The highest BCUT2D eigenvalue weighted by atomic mass is 16.2. The molecule has 0 saturated heterocycles. The number of hydrogen-bond donors (Lipinski definition) is 2. The zero-order valence-corrected chi connectivity index (χ0v) is 11.6. The van der Waals surface area contributed by atoms with Crippen molar-refractivity contribution in [2.75, 3.05) is 13.1 Å². The van der Waals surface area contributed by atoms with Crippen LogP contribution in [-0.2, 0) is 4.79 Å². The molecule has 0 atom stereocenters. The fraction of sp³-hybridized carbons (Fsp3) is 0.467. The van der Waals surface area contributed by atoms with Gasteiger partial charge < -0.3 is 10.6 Å². The van der Waals surface area contributed by atoms with Gasteiger partial charge in [0.25, 0.3) is 5.91 Å². The van der Waals surface area contributed by atoms with Crippen LogP contribution in [0.5, 0.6) is 0 Å². The normalized spacial score (nSPS) is 10.3. The smallest absolute Gasteiger partial charge is 0.251 e. The van der Waals surface area contributed by atoms with E-state index >= 15 is 0 Å². The van der Waals surface area contributed by atoms with E-state index in [2.05, 4.69) is 24.5 Å². The van der Waals surface area contributed by atoms with Crippen LogP contribution in [0.4, 0.5) is 0 Å². The number of amides is 2. The van der Waals surface area contributed by atoms with Crippen molar-refractivity contribution in [2.24, 2.45) is 5.92 Å². The van der Waals surface area contributed by atoms with E-state index in [0.29, 0.717) is 31.0 Å². The molecule has 19 heavy (non-hydrogen) atoms. The monoisotopic (exact) mass is 262 g/mol. The maximum Gasteiger partial charge on any atom is 0.251 e. The first-order valence-corrected chi connectivity index (χ1v) is 6.69. The van der Waals surface area contributed by atoms with Crippen molar-refractivity contribution in [1.82, 2.24) is 10.6 Å². The highest BCUT2D eigenvalue weighted by Crippen LogP contribution is 2.02. The van der Waals surface area contributed by atoms with Gasteiger partial charge in [0.05, 0.1) is 0 Å². The molecule has 0 aliphatic rings. The van der Waals surface area contributed by atoms with Crippen molar-refractivity contribution in [3.05, 3.63) is 35.9 Å². The molecular formula is C15H22N2O2. The van der Waals surface area contributed by atoms with Gasteiger partial charge in [-0.1, -0.05) is 32.0 Å². The second-order valence-electron chi connectivity index (χ2n) is 4.90. The molecule has 2 amide bonds. The SMILES string of the molecule is CC(C)CCC(=O)NCCNC(=O)c1ccccc1. The Kier molecular flexibility index (Phi) is 6.64. The zero-order chi connectivity index (χ0) is 14.1. The third kappa shape index (κ3) is 6.60. The molecule has 0 bridgehead atoms. The summed E-state index contributed by atoms with van der Waals surface area (Å²) in [7, 11) is 0. The number of benzene rings is 1. The molecule has 0 aliphatic heterocycles. The van der Waals surface area contributed by atoms with Gasteiger partial charge in [0, 0.05) is 25.1 Å². The minimum absolute atomic E-state index is 0.0441. The van der Waals surface area contributed by atoms with Gasteiger partial charge in [-0.05, 0) is 24.5 Å². The lowest BCUT2D eigenvalue weighted by molar-refractivity contribution is -0.121. The average Bonchev–Trinajstić information content (AvgIpc) is 2.42. The number of carbonyl (C=O) groups excluding carboxylic acids is 2. The summed E-state index contributed by atoms with van der Waals surface area (Å²) >= 11 is 0. The summed E-state index contributed by atoms with van der Waals surface area (Å²) in [6, 6.07) is 9.03. The van der Waals surface area contributed by atoms with E-state index in [1.165, 1.54) is 0 Å². The van der Waals surface area contributed by atoms with Gasteiger partial charge in [-0.15, -0.1) is 0 Å². The molecule has 0 aliphatic carbocycles. The molecule has 104 valence electrons. The minimum Gasteiger partial charge on any atom is -0.354 e. The van der Waals surface area contributed by atoms with Gasteiger partial charge in [-0.2, -0.15) is 0 Å². The van der Waals surface area contributed by atoms with Crippen LogP contribution < -0.4 is 10.6 Å². The minimum atomic E-state index is -0.114. The van der Waals surface area contributed by atoms with E-state index in [1.807, 2.05) is 18.2 Å². The maximum atomic E-state index is 11.7. The standard InChI is InChI=1S/C15H22N2O2/c1-12(2)8-9-14(18)16-10-11-17-15(19)13-6-4-3-5-7-13/h3-7,12H,8-11H2,1-2H3,(H,16,18)(H,17,19). The highest BCUT2D eigenvalue weighted by Gasteiger charge is 2.05. The number of rotatable bonds is 7. The Bertz CT molecular complexity index is 402. The molecule has 1 aromatic carbocycles. The van der Waals surface area contributed by atoms with Crippen LogP contribution in [0, 0.1) is 5.92 Å². The molecule has 0 radical (unpaired) electrons. The summed E-state index contributed by atoms with van der Waals surface area (Å²) in [5.41, 5.74) is 0.633. The molecule has 0 spiro atoms. The zero-order valence-electron chi connectivity index (χ0n) is 11.6. The summed E-state index contributed by atoms with van der Waals surface area (Å²) in [5, 5.41) is 5.56. The van der Waals surface area contributed by atoms with Crippen LogP contribution in [0.2, 0.25) is 0 Å². The van der Waals surface area contributed by atoms with Crippen LogP contribution in [-0.4, -0.2) is 24.9 Å². The van der Waals surface area contributed by atoms with Crippen LogP contribution in [0.25, 0.3) is 0 Å². The van der Waals surface area contributed by atoms with E-state index in [-0.39, 0.29) is 11.8 Å². The topological polar surface area (TPSA) is 58.2 Å². The Morgan fingerprint density at radius 3 is 2.32 bits per heavy atom. The van der Waals surface area contributed by atoms with Gasteiger partial charge in [0.2, 0.25) is 5.91 Å². The Morgan fingerprint density at radius 2 is 1.68 bits per heavy atom. The van der Waals surface area contributed by atoms with Crippen molar-refractivity contribution in [3.8, 4) is 0 Å². The van der Waals surface area contributed by atoms with Gasteiger partial charge in [0.15, 0.2) is 0 Å². The predicted molar refractivity (Wildman–Crippen MR) is 75.9 cm³/mol. The largest absolute Gasteiger partial charge is 0.354 e. The number of nitrogens with one attached hydrogen (secondary N) is 2. The van der Waals surface area contributed by atoms with E-state index in [4.69, 9.17) is 0 Å². The van der Waals surface area contributed by atoms with Crippen molar-refractivity contribution in [3.63, 3.8) is 0 Å². The molecule has 0 saturated carbocycles. The first-order chi connectivity index (χ1) is 9.09. The molecule has 0 aromatic heterocycles. The summed E-state index contributed by atoms with van der Waals surface area (Å²) in [6.07, 6.45) is 1.44. The second kappa shape index (κ2) is 8.29. The molecule has 4 heteroatoms. The molecule has 1 rings (SSSR count). The third-order valence-corrected chi connectivity index (χ3v) is 2.72. The Morgan fingerprint density at radius 1 is 1.05 bits per heavy atom. The fourth-order valence-corrected chi connectivity index (χ4v) is 1.58. The lowest BCUT2D eigenvalue weighted by Gasteiger charge is -2.08. The summed E-state index contributed by atoms with van der Waals surface area (Å²) < 4.78 is 0. The quantitative estimate of drug-likeness (QED) is 0.738. The van der Waals surface area contributed by atoms with E-state index in [0.717, 1.165) is 6.42 Å². The highest BCUT2D eigenvalue weighted by molar-refractivity contribution is 5.94. The van der Waals surface area contributed by atoms with Gasteiger partial charge in [-0.25, -0.2) is 0 Å².